The fourth-order valence-corrected chi connectivity index (χ4v) is 2.18. The van der Waals surface area contributed by atoms with Crippen molar-refractivity contribution in [3.63, 3.8) is 0 Å². The zero-order chi connectivity index (χ0) is 12.7. The maximum atomic E-state index is 4.57. The fraction of sp³-hybridized carbons (Fsp3) is 0.615. The zero-order valence-corrected chi connectivity index (χ0v) is 12.0. The minimum absolute atomic E-state index is 0.628. The van der Waals surface area contributed by atoms with Gasteiger partial charge in [0.05, 0.1) is 6.54 Å². The molecule has 1 aromatic heterocycles. The number of aliphatic imine (C=N–C) groups is 1. The van der Waals surface area contributed by atoms with E-state index in [-0.39, 0.29) is 0 Å². The number of thiophene rings is 1. The van der Waals surface area contributed by atoms with Crippen molar-refractivity contribution in [2.75, 3.05) is 13.1 Å². The van der Waals surface area contributed by atoms with E-state index in [1.165, 1.54) is 9.75 Å². The number of guanidine groups is 1. The van der Waals surface area contributed by atoms with Gasteiger partial charge in [-0.3, -0.25) is 0 Å². The highest BCUT2D eigenvalue weighted by Crippen LogP contribution is 2.15. The smallest absolute Gasteiger partial charge is 0.191 e. The van der Waals surface area contributed by atoms with Crippen molar-refractivity contribution in [2.45, 2.75) is 34.2 Å². The summed E-state index contributed by atoms with van der Waals surface area (Å²) in [7, 11) is 0. The van der Waals surface area contributed by atoms with Crippen molar-refractivity contribution >= 4 is 17.3 Å². The van der Waals surface area contributed by atoms with Gasteiger partial charge in [-0.25, -0.2) is 4.99 Å². The van der Waals surface area contributed by atoms with Crippen LogP contribution in [0.15, 0.2) is 17.1 Å². The second-order valence-electron chi connectivity index (χ2n) is 4.48. The maximum Gasteiger partial charge on any atom is 0.191 e. The van der Waals surface area contributed by atoms with E-state index < -0.39 is 0 Å². The largest absolute Gasteiger partial charge is 0.357 e. The Bertz CT molecular complexity index is 355. The molecule has 0 unspecified atom stereocenters. The summed E-state index contributed by atoms with van der Waals surface area (Å²) in [5.74, 6) is 1.54. The highest BCUT2D eigenvalue weighted by Gasteiger charge is 2.00. The highest BCUT2D eigenvalue weighted by molar-refractivity contribution is 7.11. The Hall–Kier alpha value is -1.03. The van der Waals surface area contributed by atoms with Crippen LogP contribution >= 0.6 is 11.3 Å². The summed E-state index contributed by atoms with van der Waals surface area (Å²) in [4.78, 5) is 7.23. The van der Waals surface area contributed by atoms with Crippen molar-refractivity contribution in [3.8, 4) is 0 Å². The molecule has 0 aliphatic rings. The lowest BCUT2D eigenvalue weighted by Crippen LogP contribution is -2.39. The molecule has 0 fully saturated rings. The lowest BCUT2D eigenvalue weighted by Gasteiger charge is -2.12. The molecule has 0 amide bonds. The number of hydrogen-bond acceptors (Lipinski definition) is 2. The Balaban J connectivity index is 2.50. The van der Waals surface area contributed by atoms with Gasteiger partial charge in [-0.05, 0) is 31.9 Å². The van der Waals surface area contributed by atoms with E-state index in [1.807, 2.05) is 11.3 Å². The summed E-state index contributed by atoms with van der Waals surface area (Å²) in [5.41, 5.74) is 0. The molecule has 2 N–H and O–H groups in total. The fourth-order valence-electron chi connectivity index (χ4n) is 1.37. The summed E-state index contributed by atoms with van der Waals surface area (Å²) < 4.78 is 0. The Morgan fingerprint density at radius 3 is 2.65 bits per heavy atom. The zero-order valence-electron chi connectivity index (χ0n) is 11.2. The van der Waals surface area contributed by atoms with Gasteiger partial charge in [-0.1, -0.05) is 13.8 Å². The minimum Gasteiger partial charge on any atom is -0.357 e. The predicted octanol–water partition coefficient (Wildman–Crippen LogP) is 2.77. The van der Waals surface area contributed by atoms with E-state index in [0.717, 1.165) is 25.6 Å². The first kappa shape index (κ1) is 14.0. The van der Waals surface area contributed by atoms with Crippen LogP contribution in [-0.4, -0.2) is 19.0 Å². The van der Waals surface area contributed by atoms with Gasteiger partial charge < -0.3 is 10.6 Å². The molecule has 0 atom stereocenters. The van der Waals surface area contributed by atoms with Gasteiger partial charge in [-0.15, -0.1) is 11.3 Å². The van der Waals surface area contributed by atoms with Crippen molar-refractivity contribution in [1.29, 1.82) is 0 Å². The van der Waals surface area contributed by atoms with Gasteiger partial charge in [0.1, 0.15) is 0 Å². The average Bonchev–Trinajstić information content (AvgIpc) is 2.68. The lowest BCUT2D eigenvalue weighted by molar-refractivity contribution is 0.615. The van der Waals surface area contributed by atoms with E-state index in [2.05, 4.69) is 55.5 Å². The molecular weight excluding hydrogens is 230 g/mol. The topological polar surface area (TPSA) is 36.4 Å². The van der Waals surface area contributed by atoms with E-state index in [1.54, 1.807) is 0 Å². The van der Waals surface area contributed by atoms with Gasteiger partial charge in [-0.2, -0.15) is 0 Å². The van der Waals surface area contributed by atoms with Gasteiger partial charge >= 0.3 is 0 Å². The summed E-state index contributed by atoms with van der Waals surface area (Å²) in [6.45, 7) is 11.2. The van der Waals surface area contributed by atoms with Crippen molar-refractivity contribution < 1.29 is 0 Å². The molecule has 1 rings (SSSR count). The molecule has 3 nitrogen and oxygen atoms in total. The van der Waals surface area contributed by atoms with Crippen LogP contribution in [-0.2, 0) is 6.54 Å². The molecule has 96 valence electrons. The molecule has 0 aromatic carbocycles. The van der Waals surface area contributed by atoms with Crippen LogP contribution in [0.25, 0.3) is 0 Å². The summed E-state index contributed by atoms with van der Waals surface area (Å²) in [6.07, 6.45) is 0. The first-order chi connectivity index (χ1) is 8.11. The molecule has 0 aliphatic heterocycles. The first-order valence-electron chi connectivity index (χ1n) is 6.19. The molecule has 1 aromatic rings. The van der Waals surface area contributed by atoms with Gasteiger partial charge in [0, 0.05) is 22.8 Å². The standard InChI is InChI=1S/C13H23N3S/c1-5-14-13(15-8-10(2)3)16-9-12-7-6-11(4)17-12/h6-7,10H,5,8-9H2,1-4H3,(H2,14,15,16). The predicted molar refractivity (Wildman–Crippen MR) is 76.7 cm³/mol. The van der Waals surface area contributed by atoms with Crippen LogP contribution in [0.5, 0.6) is 0 Å². The molecular formula is C13H23N3S. The summed E-state index contributed by atoms with van der Waals surface area (Å²) in [6, 6.07) is 4.29. The second-order valence-corrected chi connectivity index (χ2v) is 5.85. The van der Waals surface area contributed by atoms with E-state index in [4.69, 9.17) is 0 Å². The van der Waals surface area contributed by atoms with Gasteiger partial charge in [0.15, 0.2) is 5.96 Å². The second kappa shape index (κ2) is 7.33. The SMILES string of the molecule is CCNC(=NCc1ccc(C)s1)NCC(C)C. The Morgan fingerprint density at radius 2 is 2.12 bits per heavy atom. The number of nitrogens with zero attached hydrogens (tertiary/aromatic N) is 1. The van der Waals surface area contributed by atoms with E-state index in [9.17, 15) is 0 Å². The molecule has 0 radical (unpaired) electrons. The van der Waals surface area contributed by atoms with Gasteiger partial charge in [0.2, 0.25) is 0 Å². The van der Waals surface area contributed by atoms with Gasteiger partial charge in [0.25, 0.3) is 0 Å². The molecule has 1 heterocycles. The lowest BCUT2D eigenvalue weighted by atomic mass is 10.2. The van der Waals surface area contributed by atoms with Crippen LogP contribution in [0.2, 0.25) is 0 Å². The van der Waals surface area contributed by atoms with Crippen LogP contribution in [0, 0.1) is 12.8 Å². The van der Waals surface area contributed by atoms with Crippen molar-refractivity contribution in [3.05, 3.63) is 21.9 Å². The van der Waals surface area contributed by atoms with E-state index >= 15 is 0 Å². The van der Waals surface area contributed by atoms with Crippen molar-refractivity contribution in [2.24, 2.45) is 10.9 Å². The van der Waals surface area contributed by atoms with Crippen LogP contribution in [0.3, 0.4) is 0 Å². The minimum atomic E-state index is 0.628. The molecule has 17 heavy (non-hydrogen) atoms. The average molecular weight is 253 g/mol. The maximum absolute atomic E-state index is 4.57. The normalized spacial score (nSPS) is 11.9. The first-order valence-corrected chi connectivity index (χ1v) is 7.01. The third-order valence-electron chi connectivity index (χ3n) is 2.21. The third kappa shape index (κ3) is 5.73. The molecule has 0 aliphatic carbocycles. The molecule has 0 saturated heterocycles. The molecule has 4 heteroatoms. The number of hydrogen-bond donors (Lipinski definition) is 2. The van der Waals surface area contributed by atoms with E-state index in [0.29, 0.717) is 5.92 Å². The Kier molecular flexibility index (Phi) is 6.05. The number of nitrogens with one attached hydrogen (secondary N) is 2. The van der Waals surface area contributed by atoms with Crippen LogP contribution in [0.1, 0.15) is 30.5 Å². The number of rotatable bonds is 5. The monoisotopic (exact) mass is 253 g/mol. The highest BCUT2D eigenvalue weighted by atomic mass is 32.1. The number of aryl methyl sites for hydroxylation is 1. The quantitative estimate of drug-likeness (QED) is 0.625. The van der Waals surface area contributed by atoms with Crippen LogP contribution < -0.4 is 10.6 Å². The molecule has 0 bridgehead atoms. The Labute approximate surface area is 108 Å². The van der Waals surface area contributed by atoms with Crippen LogP contribution in [0.4, 0.5) is 0 Å². The Morgan fingerprint density at radius 1 is 1.35 bits per heavy atom. The molecule has 0 spiro atoms. The summed E-state index contributed by atoms with van der Waals surface area (Å²) >= 11 is 1.81. The third-order valence-corrected chi connectivity index (χ3v) is 3.20. The van der Waals surface area contributed by atoms with Crippen molar-refractivity contribution in [1.82, 2.24) is 10.6 Å². The molecule has 0 saturated carbocycles. The summed E-state index contributed by atoms with van der Waals surface area (Å²) in [5, 5.41) is 6.60.